The molecule has 2 aromatic carbocycles. The summed E-state index contributed by atoms with van der Waals surface area (Å²) in [6.45, 7) is 0.620. The van der Waals surface area contributed by atoms with Gasteiger partial charge < -0.3 is 15.2 Å². The van der Waals surface area contributed by atoms with Crippen molar-refractivity contribution in [3.63, 3.8) is 0 Å². The van der Waals surface area contributed by atoms with Crippen LogP contribution >= 0.6 is 0 Å². The molecule has 2 aromatic rings. The van der Waals surface area contributed by atoms with Crippen molar-refractivity contribution in [1.82, 2.24) is 0 Å². The molecule has 2 atom stereocenters. The molecule has 24 heavy (non-hydrogen) atoms. The Balaban J connectivity index is 1.54. The number of para-hydroxylation sites is 1. The maximum Gasteiger partial charge on any atom is 0.335 e. The zero-order chi connectivity index (χ0) is 16.7. The molecule has 1 heterocycles. The lowest BCUT2D eigenvalue weighted by molar-refractivity contribution is -0.117. The lowest BCUT2D eigenvalue weighted by Crippen LogP contribution is -2.26. The number of carbonyl (C=O) groups is 2. The van der Waals surface area contributed by atoms with Crippen molar-refractivity contribution in [3.05, 3.63) is 59.7 Å². The van der Waals surface area contributed by atoms with Crippen molar-refractivity contribution in [2.45, 2.75) is 18.3 Å². The molecule has 5 heteroatoms. The first kappa shape index (κ1) is 14.8. The summed E-state index contributed by atoms with van der Waals surface area (Å²) in [4.78, 5) is 23.7. The van der Waals surface area contributed by atoms with Gasteiger partial charge in [0.2, 0.25) is 5.91 Å². The molecule has 0 bridgehead atoms. The first-order valence-electron chi connectivity index (χ1n) is 7.97. The van der Waals surface area contributed by atoms with Crippen molar-refractivity contribution >= 4 is 17.6 Å². The Kier molecular flexibility index (Phi) is 3.30. The van der Waals surface area contributed by atoms with Crippen LogP contribution in [0.3, 0.4) is 0 Å². The molecule has 0 unspecified atom stereocenters. The lowest BCUT2D eigenvalue weighted by atomic mass is 9.87. The van der Waals surface area contributed by atoms with E-state index in [0.29, 0.717) is 12.3 Å². The highest BCUT2D eigenvalue weighted by Gasteiger charge is 2.60. The minimum atomic E-state index is -1.01. The monoisotopic (exact) mass is 323 g/mol. The summed E-state index contributed by atoms with van der Waals surface area (Å²) >= 11 is 0. The Bertz CT molecular complexity index is 832. The number of hydrogen-bond acceptors (Lipinski definition) is 3. The third-order valence-electron chi connectivity index (χ3n) is 5.00. The third kappa shape index (κ3) is 2.33. The molecule has 2 aliphatic rings. The Morgan fingerprint density at radius 1 is 1.17 bits per heavy atom. The van der Waals surface area contributed by atoms with E-state index < -0.39 is 5.97 Å². The molecular formula is C19H17NO4. The van der Waals surface area contributed by atoms with E-state index in [1.54, 1.807) is 12.1 Å². The van der Waals surface area contributed by atoms with Gasteiger partial charge in [-0.1, -0.05) is 24.3 Å². The summed E-state index contributed by atoms with van der Waals surface area (Å²) in [7, 11) is 0. The van der Waals surface area contributed by atoms with Crippen LogP contribution in [-0.4, -0.2) is 23.6 Å². The molecule has 1 aliphatic heterocycles. The van der Waals surface area contributed by atoms with E-state index in [9.17, 15) is 9.59 Å². The number of fused-ring (bicyclic) bond motifs is 2. The van der Waals surface area contributed by atoms with Crippen molar-refractivity contribution in [1.29, 1.82) is 0 Å². The second-order valence-corrected chi connectivity index (χ2v) is 6.38. The predicted molar refractivity (Wildman–Crippen MR) is 88.4 cm³/mol. The Morgan fingerprint density at radius 3 is 2.83 bits per heavy atom. The number of hydrogen-bond donors (Lipinski definition) is 2. The van der Waals surface area contributed by atoms with Crippen molar-refractivity contribution in [2.24, 2.45) is 5.92 Å². The van der Waals surface area contributed by atoms with E-state index in [1.807, 2.05) is 24.3 Å². The first-order valence-corrected chi connectivity index (χ1v) is 7.97. The van der Waals surface area contributed by atoms with Crippen molar-refractivity contribution in [3.8, 4) is 5.75 Å². The van der Waals surface area contributed by atoms with Gasteiger partial charge in [-0.2, -0.15) is 0 Å². The quantitative estimate of drug-likeness (QED) is 0.910. The highest BCUT2D eigenvalue weighted by Crippen LogP contribution is 2.60. The summed E-state index contributed by atoms with van der Waals surface area (Å²) < 4.78 is 5.69. The molecule has 4 rings (SSSR count). The standard InChI is InChI=1S/C19H17NO4/c21-17(20-13-5-3-4-12(10-13)18(22)23)15-11-19(15)8-9-24-16-7-2-1-6-14(16)19/h1-7,10,15H,8-9,11H2,(H,20,21)(H,22,23)/t15-,19-/m0/s1. The minimum Gasteiger partial charge on any atom is -0.493 e. The summed E-state index contributed by atoms with van der Waals surface area (Å²) in [5, 5.41) is 11.9. The molecule has 0 saturated heterocycles. The number of rotatable bonds is 3. The number of ether oxygens (including phenoxy) is 1. The second kappa shape index (κ2) is 5.37. The van der Waals surface area contributed by atoms with E-state index in [1.165, 1.54) is 12.1 Å². The average molecular weight is 323 g/mol. The van der Waals surface area contributed by atoms with Gasteiger partial charge in [-0.25, -0.2) is 4.79 Å². The highest BCUT2D eigenvalue weighted by atomic mass is 16.5. The third-order valence-corrected chi connectivity index (χ3v) is 5.00. The molecular weight excluding hydrogens is 306 g/mol. The number of carboxylic acids is 1. The van der Waals surface area contributed by atoms with Crippen LogP contribution in [0.2, 0.25) is 0 Å². The van der Waals surface area contributed by atoms with Crippen LogP contribution in [0, 0.1) is 5.92 Å². The fraction of sp³-hybridized carbons (Fsp3) is 0.263. The Morgan fingerprint density at radius 2 is 2.00 bits per heavy atom. The fourth-order valence-corrected chi connectivity index (χ4v) is 3.66. The molecule has 1 spiro atoms. The van der Waals surface area contributed by atoms with Crippen LogP contribution in [0.5, 0.6) is 5.75 Å². The maximum atomic E-state index is 12.6. The van der Waals surface area contributed by atoms with Gasteiger partial charge in [-0.15, -0.1) is 0 Å². The van der Waals surface area contributed by atoms with Gasteiger partial charge in [0.1, 0.15) is 5.75 Å². The van der Waals surface area contributed by atoms with E-state index in [0.717, 1.165) is 24.2 Å². The number of amides is 1. The van der Waals surface area contributed by atoms with E-state index in [-0.39, 0.29) is 22.8 Å². The van der Waals surface area contributed by atoms with E-state index >= 15 is 0 Å². The maximum absolute atomic E-state index is 12.6. The van der Waals surface area contributed by atoms with Crippen LogP contribution in [0.4, 0.5) is 5.69 Å². The van der Waals surface area contributed by atoms with Gasteiger partial charge in [-0.3, -0.25) is 4.79 Å². The zero-order valence-corrected chi connectivity index (χ0v) is 13.0. The molecule has 1 saturated carbocycles. The van der Waals surface area contributed by atoms with Crippen LogP contribution in [0.15, 0.2) is 48.5 Å². The van der Waals surface area contributed by atoms with E-state index in [4.69, 9.17) is 9.84 Å². The molecule has 1 aliphatic carbocycles. The normalized spacial score (nSPS) is 23.9. The number of carboxylic acid groups (broad SMARTS) is 1. The zero-order valence-electron chi connectivity index (χ0n) is 13.0. The largest absolute Gasteiger partial charge is 0.493 e. The molecule has 1 fully saturated rings. The van der Waals surface area contributed by atoms with Crippen LogP contribution < -0.4 is 10.1 Å². The smallest absolute Gasteiger partial charge is 0.335 e. The number of aromatic carboxylic acids is 1. The highest BCUT2D eigenvalue weighted by molar-refractivity contribution is 5.97. The molecule has 5 nitrogen and oxygen atoms in total. The molecule has 1 amide bonds. The topological polar surface area (TPSA) is 75.6 Å². The molecule has 0 aromatic heterocycles. The average Bonchev–Trinajstić information content (AvgIpc) is 3.30. The second-order valence-electron chi connectivity index (χ2n) is 6.38. The van der Waals surface area contributed by atoms with Crippen LogP contribution in [0.25, 0.3) is 0 Å². The van der Waals surface area contributed by atoms with Gasteiger partial charge in [0.05, 0.1) is 12.2 Å². The van der Waals surface area contributed by atoms with Crippen LogP contribution in [0.1, 0.15) is 28.8 Å². The van der Waals surface area contributed by atoms with Crippen molar-refractivity contribution < 1.29 is 19.4 Å². The number of anilines is 1. The summed E-state index contributed by atoms with van der Waals surface area (Å²) in [6, 6.07) is 14.2. The van der Waals surface area contributed by atoms with Gasteiger partial charge in [0.15, 0.2) is 0 Å². The van der Waals surface area contributed by atoms with Gasteiger partial charge in [0.25, 0.3) is 0 Å². The van der Waals surface area contributed by atoms with Gasteiger partial charge in [0, 0.05) is 22.6 Å². The summed E-state index contributed by atoms with van der Waals surface area (Å²) in [6.07, 6.45) is 1.63. The van der Waals surface area contributed by atoms with Gasteiger partial charge in [-0.05, 0) is 37.1 Å². The lowest BCUT2D eigenvalue weighted by Gasteiger charge is -2.26. The Labute approximate surface area is 139 Å². The predicted octanol–water partition coefficient (Wildman–Crippen LogP) is 3.06. The van der Waals surface area contributed by atoms with Crippen molar-refractivity contribution in [2.75, 3.05) is 11.9 Å². The Hall–Kier alpha value is -2.82. The van der Waals surface area contributed by atoms with Gasteiger partial charge >= 0.3 is 5.97 Å². The molecule has 0 radical (unpaired) electrons. The summed E-state index contributed by atoms with van der Waals surface area (Å²) in [5.74, 6) is -0.301. The fourth-order valence-electron chi connectivity index (χ4n) is 3.66. The number of benzene rings is 2. The molecule has 2 N–H and O–H groups in total. The number of carbonyl (C=O) groups excluding carboxylic acids is 1. The number of nitrogens with one attached hydrogen (secondary N) is 1. The SMILES string of the molecule is O=C(O)c1cccc(NC(=O)[C@@H]2C[C@]23CCOc2ccccc23)c1. The summed E-state index contributed by atoms with van der Waals surface area (Å²) in [5.41, 5.74) is 1.65. The van der Waals surface area contributed by atoms with E-state index in [2.05, 4.69) is 5.32 Å². The minimum absolute atomic E-state index is 0.0609. The van der Waals surface area contributed by atoms with Crippen LogP contribution in [-0.2, 0) is 10.2 Å². The molecule has 122 valence electrons. The first-order chi connectivity index (χ1) is 11.6.